The van der Waals surface area contributed by atoms with Crippen LogP contribution in [0.25, 0.3) is 0 Å². The molecule has 0 saturated heterocycles. The molecule has 1 heterocycles. The van der Waals surface area contributed by atoms with E-state index >= 15 is 0 Å². The summed E-state index contributed by atoms with van der Waals surface area (Å²) in [5.74, 6) is -1.74. The molecule has 0 aliphatic heterocycles. The molecule has 1 aromatic heterocycles. The second-order valence-electron chi connectivity index (χ2n) is 4.11. The first kappa shape index (κ1) is 14.7. The van der Waals surface area contributed by atoms with Crippen molar-refractivity contribution in [1.82, 2.24) is 10.2 Å². The number of hydrogen-bond donors (Lipinski definition) is 2. The molecule has 2 amide bonds. The minimum atomic E-state index is -0.977. The minimum Gasteiger partial charge on any atom is -0.481 e. The van der Waals surface area contributed by atoms with E-state index in [1.165, 1.54) is 37.5 Å². The van der Waals surface area contributed by atoms with Crippen molar-refractivity contribution < 1.29 is 23.9 Å². The molecule has 7 nitrogen and oxygen atoms in total. The Kier molecular flexibility index (Phi) is 5.11. The standard InChI is InChI=1S/C12H16N2O5/c1-8(12(18)14(2)5-3-10(15)16)13-11(17)9-4-6-19-7-9/h4,6-8H,3,5H2,1-2H3,(H,13,17)(H,15,16). The van der Waals surface area contributed by atoms with Crippen LogP contribution in [0.4, 0.5) is 0 Å². The van der Waals surface area contributed by atoms with Crippen molar-refractivity contribution in [2.45, 2.75) is 19.4 Å². The van der Waals surface area contributed by atoms with Crippen LogP contribution in [0.2, 0.25) is 0 Å². The Hall–Kier alpha value is -2.31. The second kappa shape index (κ2) is 6.58. The number of hydrogen-bond acceptors (Lipinski definition) is 4. The fraction of sp³-hybridized carbons (Fsp3) is 0.417. The lowest BCUT2D eigenvalue weighted by Crippen LogP contribution is -2.45. The Morgan fingerprint density at radius 2 is 2.16 bits per heavy atom. The van der Waals surface area contributed by atoms with Crippen LogP contribution in [0.3, 0.4) is 0 Å². The van der Waals surface area contributed by atoms with E-state index in [4.69, 9.17) is 9.52 Å². The molecule has 1 unspecified atom stereocenters. The van der Waals surface area contributed by atoms with Gasteiger partial charge < -0.3 is 19.7 Å². The summed E-state index contributed by atoms with van der Waals surface area (Å²) in [5, 5.41) is 11.0. The smallest absolute Gasteiger partial charge is 0.305 e. The fourth-order valence-corrected chi connectivity index (χ4v) is 1.44. The second-order valence-corrected chi connectivity index (χ2v) is 4.11. The van der Waals surface area contributed by atoms with Crippen LogP contribution in [0.5, 0.6) is 0 Å². The highest BCUT2D eigenvalue weighted by molar-refractivity contribution is 5.97. The van der Waals surface area contributed by atoms with E-state index in [2.05, 4.69) is 5.32 Å². The summed E-state index contributed by atoms with van der Waals surface area (Å²) >= 11 is 0. The highest BCUT2D eigenvalue weighted by atomic mass is 16.4. The van der Waals surface area contributed by atoms with Gasteiger partial charge in [0.2, 0.25) is 5.91 Å². The Morgan fingerprint density at radius 1 is 1.47 bits per heavy atom. The number of carbonyl (C=O) groups excluding carboxylic acids is 2. The topological polar surface area (TPSA) is 99.9 Å². The molecule has 1 rings (SSSR count). The van der Waals surface area contributed by atoms with Crippen LogP contribution in [0.15, 0.2) is 23.0 Å². The number of rotatable bonds is 6. The Bertz CT molecular complexity index is 455. The van der Waals surface area contributed by atoms with Crippen molar-refractivity contribution >= 4 is 17.8 Å². The summed E-state index contributed by atoms with van der Waals surface area (Å²) in [4.78, 5) is 35.2. The zero-order chi connectivity index (χ0) is 14.4. The maximum absolute atomic E-state index is 11.9. The van der Waals surface area contributed by atoms with Gasteiger partial charge in [-0.25, -0.2) is 0 Å². The maximum Gasteiger partial charge on any atom is 0.305 e. The van der Waals surface area contributed by atoms with Gasteiger partial charge >= 0.3 is 5.97 Å². The number of carboxylic acids is 1. The average molecular weight is 268 g/mol. The van der Waals surface area contributed by atoms with Crippen LogP contribution in [-0.2, 0) is 9.59 Å². The molecule has 0 radical (unpaired) electrons. The molecule has 19 heavy (non-hydrogen) atoms. The van der Waals surface area contributed by atoms with Crippen molar-refractivity contribution in [2.24, 2.45) is 0 Å². The number of furan rings is 1. The summed E-state index contributed by atoms with van der Waals surface area (Å²) in [6, 6.07) is 0.752. The molecule has 0 spiro atoms. The molecule has 0 aliphatic carbocycles. The molecule has 0 saturated carbocycles. The zero-order valence-electron chi connectivity index (χ0n) is 10.8. The predicted octanol–water partition coefficient (Wildman–Crippen LogP) is 0.331. The van der Waals surface area contributed by atoms with Gasteiger partial charge in [-0.2, -0.15) is 0 Å². The molecule has 0 bridgehead atoms. The van der Waals surface area contributed by atoms with Gasteiger partial charge in [-0.05, 0) is 13.0 Å². The number of amides is 2. The van der Waals surface area contributed by atoms with Crippen molar-refractivity contribution in [3.63, 3.8) is 0 Å². The number of nitrogens with zero attached hydrogens (tertiary/aromatic N) is 1. The predicted molar refractivity (Wildman–Crippen MR) is 65.5 cm³/mol. The maximum atomic E-state index is 11.9. The Morgan fingerprint density at radius 3 is 2.68 bits per heavy atom. The van der Waals surface area contributed by atoms with Crippen LogP contribution in [0, 0.1) is 0 Å². The van der Waals surface area contributed by atoms with Gasteiger partial charge in [-0.3, -0.25) is 14.4 Å². The van der Waals surface area contributed by atoms with Crippen molar-refractivity contribution in [1.29, 1.82) is 0 Å². The van der Waals surface area contributed by atoms with Gasteiger partial charge in [0, 0.05) is 13.6 Å². The van der Waals surface area contributed by atoms with E-state index in [1.807, 2.05) is 0 Å². The van der Waals surface area contributed by atoms with Gasteiger partial charge in [-0.1, -0.05) is 0 Å². The highest BCUT2D eigenvalue weighted by Gasteiger charge is 2.20. The third-order valence-electron chi connectivity index (χ3n) is 2.54. The number of carbonyl (C=O) groups is 3. The third kappa shape index (κ3) is 4.46. The highest BCUT2D eigenvalue weighted by Crippen LogP contribution is 2.01. The summed E-state index contributed by atoms with van der Waals surface area (Å²) < 4.78 is 4.77. The molecule has 2 N–H and O–H groups in total. The van der Waals surface area contributed by atoms with Crippen LogP contribution < -0.4 is 5.32 Å². The minimum absolute atomic E-state index is 0.0973. The van der Waals surface area contributed by atoms with E-state index < -0.39 is 17.9 Å². The lowest BCUT2D eigenvalue weighted by Gasteiger charge is -2.21. The quantitative estimate of drug-likeness (QED) is 0.774. The van der Waals surface area contributed by atoms with Crippen molar-refractivity contribution in [3.05, 3.63) is 24.2 Å². The monoisotopic (exact) mass is 268 g/mol. The number of likely N-dealkylation sites (N-methyl/N-ethyl adjacent to an activating group) is 1. The average Bonchev–Trinajstić information content (AvgIpc) is 2.88. The van der Waals surface area contributed by atoms with E-state index in [1.54, 1.807) is 0 Å². The van der Waals surface area contributed by atoms with Crippen LogP contribution in [0.1, 0.15) is 23.7 Å². The van der Waals surface area contributed by atoms with Gasteiger partial charge in [0.1, 0.15) is 12.3 Å². The summed E-state index contributed by atoms with van der Waals surface area (Å²) in [6.45, 7) is 1.64. The molecule has 0 aliphatic rings. The first-order valence-electron chi connectivity index (χ1n) is 5.71. The van der Waals surface area contributed by atoms with Gasteiger partial charge in [0.05, 0.1) is 18.2 Å². The van der Waals surface area contributed by atoms with E-state index in [-0.39, 0.29) is 18.9 Å². The Labute approximate surface area is 110 Å². The van der Waals surface area contributed by atoms with Crippen molar-refractivity contribution in [3.8, 4) is 0 Å². The summed E-state index contributed by atoms with van der Waals surface area (Å²) in [7, 11) is 1.49. The van der Waals surface area contributed by atoms with Crippen LogP contribution in [-0.4, -0.2) is 47.4 Å². The summed E-state index contributed by atoms with van der Waals surface area (Å²) in [6.07, 6.45) is 2.51. The number of carboxylic acid groups (broad SMARTS) is 1. The van der Waals surface area contributed by atoms with E-state index in [0.717, 1.165) is 0 Å². The van der Waals surface area contributed by atoms with Gasteiger partial charge in [0.25, 0.3) is 5.91 Å². The Balaban J connectivity index is 2.48. The first-order chi connectivity index (χ1) is 8.91. The van der Waals surface area contributed by atoms with Gasteiger partial charge in [-0.15, -0.1) is 0 Å². The fourth-order valence-electron chi connectivity index (χ4n) is 1.44. The van der Waals surface area contributed by atoms with E-state index in [0.29, 0.717) is 5.56 Å². The molecule has 104 valence electrons. The third-order valence-corrected chi connectivity index (χ3v) is 2.54. The van der Waals surface area contributed by atoms with Gasteiger partial charge in [0.15, 0.2) is 0 Å². The molecule has 0 aromatic carbocycles. The SMILES string of the molecule is CC(NC(=O)c1ccoc1)C(=O)N(C)CCC(=O)O. The molecular weight excluding hydrogens is 252 g/mol. The lowest BCUT2D eigenvalue weighted by atomic mass is 10.2. The van der Waals surface area contributed by atoms with Crippen LogP contribution >= 0.6 is 0 Å². The van der Waals surface area contributed by atoms with Crippen molar-refractivity contribution in [2.75, 3.05) is 13.6 Å². The lowest BCUT2D eigenvalue weighted by molar-refractivity contribution is -0.138. The molecular formula is C12H16N2O5. The molecule has 0 fully saturated rings. The largest absolute Gasteiger partial charge is 0.481 e. The van der Waals surface area contributed by atoms with E-state index in [9.17, 15) is 14.4 Å². The molecule has 1 aromatic rings. The molecule has 7 heteroatoms. The number of aliphatic carboxylic acids is 1. The molecule has 1 atom stereocenters. The normalized spacial score (nSPS) is 11.7. The zero-order valence-corrected chi connectivity index (χ0v) is 10.8. The summed E-state index contributed by atoms with van der Waals surface area (Å²) in [5.41, 5.74) is 0.327. The number of nitrogens with one attached hydrogen (secondary N) is 1. The first-order valence-corrected chi connectivity index (χ1v) is 5.71.